The van der Waals surface area contributed by atoms with E-state index in [1.54, 1.807) is 16.8 Å². The van der Waals surface area contributed by atoms with E-state index in [-0.39, 0.29) is 17.6 Å². The van der Waals surface area contributed by atoms with Crippen molar-refractivity contribution in [2.24, 2.45) is 5.92 Å². The molecule has 0 radical (unpaired) electrons. The molecule has 1 saturated heterocycles. The van der Waals surface area contributed by atoms with Gasteiger partial charge < -0.3 is 9.80 Å². The summed E-state index contributed by atoms with van der Waals surface area (Å²) >= 11 is 0. The van der Waals surface area contributed by atoms with Crippen LogP contribution in [0.2, 0.25) is 0 Å². The van der Waals surface area contributed by atoms with E-state index in [0.29, 0.717) is 19.0 Å². The van der Waals surface area contributed by atoms with Crippen LogP contribution in [0.5, 0.6) is 0 Å². The summed E-state index contributed by atoms with van der Waals surface area (Å²) in [6, 6.07) is 16.7. The van der Waals surface area contributed by atoms with Crippen LogP contribution in [0.25, 0.3) is 16.7 Å². The van der Waals surface area contributed by atoms with Crippen LogP contribution in [-0.2, 0) is 11.2 Å². The molecule has 196 valence electrons. The SMILES string of the molecule is CCCCc1nc(N2CCN(C(=O)C3C[C@H]3c3ccccc3)CC2)c2c(C)nn(-c3ccc(F)cc3)c2n1. The molecule has 2 aromatic heterocycles. The van der Waals surface area contributed by atoms with Gasteiger partial charge in [-0.3, -0.25) is 4.79 Å². The zero-order valence-electron chi connectivity index (χ0n) is 22.0. The molecular formula is C30H33FN6O. The smallest absolute Gasteiger partial charge is 0.226 e. The van der Waals surface area contributed by atoms with Gasteiger partial charge >= 0.3 is 0 Å². The van der Waals surface area contributed by atoms with E-state index >= 15 is 0 Å². The topological polar surface area (TPSA) is 67.2 Å². The molecule has 2 atom stereocenters. The molecular weight excluding hydrogens is 479 g/mol. The maximum Gasteiger partial charge on any atom is 0.226 e. The van der Waals surface area contributed by atoms with E-state index in [0.717, 1.165) is 72.8 Å². The molecule has 38 heavy (non-hydrogen) atoms. The first-order valence-corrected chi connectivity index (χ1v) is 13.6. The zero-order valence-corrected chi connectivity index (χ0v) is 22.0. The van der Waals surface area contributed by atoms with E-state index in [1.165, 1.54) is 17.7 Å². The van der Waals surface area contributed by atoms with Crippen LogP contribution >= 0.6 is 0 Å². The lowest BCUT2D eigenvalue weighted by atomic mass is 10.1. The largest absolute Gasteiger partial charge is 0.352 e. The molecule has 0 spiro atoms. The van der Waals surface area contributed by atoms with Crippen molar-refractivity contribution in [3.8, 4) is 5.69 Å². The Morgan fingerprint density at radius 2 is 1.74 bits per heavy atom. The maximum absolute atomic E-state index is 13.6. The van der Waals surface area contributed by atoms with Gasteiger partial charge in [0, 0.05) is 38.5 Å². The molecule has 2 fully saturated rings. The lowest BCUT2D eigenvalue weighted by Gasteiger charge is -2.36. The highest BCUT2D eigenvalue weighted by Crippen LogP contribution is 2.48. The number of nitrogens with zero attached hydrogens (tertiary/aromatic N) is 6. The third-order valence-electron chi connectivity index (χ3n) is 7.78. The normalized spacial score (nSPS) is 19.2. The number of unbranched alkanes of at least 4 members (excludes halogenated alkanes) is 1. The number of benzene rings is 2. The molecule has 1 unspecified atom stereocenters. The third kappa shape index (κ3) is 4.64. The minimum absolute atomic E-state index is 0.103. The summed E-state index contributed by atoms with van der Waals surface area (Å²) in [6.07, 6.45) is 3.78. The van der Waals surface area contributed by atoms with Gasteiger partial charge in [-0.05, 0) is 55.5 Å². The van der Waals surface area contributed by atoms with Crippen molar-refractivity contribution in [2.45, 2.75) is 45.4 Å². The average Bonchev–Trinajstić information content (AvgIpc) is 3.69. The Morgan fingerprint density at radius 1 is 1.00 bits per heavy atom. The summed E-state index contributed by atoms with van der Waals surface area (Å²) in [6.45, 7) is 6.92. The maximum atomic E-state index is 13.6. The molecule has 0 N–H and O–H groups in total. The molecule has 7 nitrogen and oxygen atoms in total. The first kappa shape index (κ1) is 24.5. The van der Waals surface area contributed by atoms with Gasteiger partial charge in [-0.25, -0.2) is 19.0 Å². The van der Waals surface area contributed by atoms with Crippen molar-refractivity contribution in [1.82, 2.24) is 24.6 Å². The Bertz CT molecular complexity index is 1440. The van der Waals surface area contributed by atoms with E-state index in [4.69, 9.17) is 15.1 Å². The molecule has 1 amide bonds. The summed E-state index contributed by atoms with van der Waals surface area (Å²) in [5, 5.41) is 5.70. The highest BCUT2D eigenvalue weighted by Gasteiger charge is 2.46. The van der Waals surface area contributed by atoms with Gasteiger partial charge in [0.15, 0.2) is 5.65 Å². The Hall–Kier alpha value is -3.81. The molecule has 1 aliphatic heterocycles. The van der Waals surface area contributed by atoms with Crippen LogP contribution in [0.15, 0.2) is 54.6 Å². The van der Waals surface area contributed by atoms with Gasteiger partial charge in [0.2, 0.25) is 5.91 Å². The number of carbonyl (C=O) groups is 1. The monoisotopic (exact) mass is 512 g/mol. The number of aromatic nitrogens is 4. The second-order valence-corrected chi connectivity index (χ2v) is 10.4. The Kier molecular flexibility index (Phi) is 6.55. The van der Waals surface area contributed by atoms with Gasteiger partial charge in [-0.1, -0.05) is 43.7 Å². The molecule has 6 rings (SSSR count). The summed E-state index contributed by atoms with van der Waals surface area (Å²) in [5.41, 5.74) is 3.61. The van der Waals surface area contributed by atoms with E-state index in [2.05, 4.69) is 24.0 Å². The van der Waals surface area contributed by atoms with Gasteiger partial charge in [0.25, 0.3) is 0 Å². The number of hydrogen-bond acceptors (Lipinski definition) is 5. The van der Waals surface area contributed by atoms with Crippen LogP contribution in [-0.4, -0.2) is 56.7 Å². The van der Waals surface area contributed by atoms with Crippen LogP contribution in [0.1, 0.15) is 49.2 Å². The van der Waals surface area contributed by atoms with E-state index in [9.17, 15) is 9.18 Å². The fraction of sp³-hybridized carbons (Fsp3) is 0.400. The Labute approximate surface area is 222 Å². The number of hydrogen-bond donors (Lipinski definition) is 0. The highest BCUT2D eigenvalue weighted by molar-refractivity contribution is 5.91. The predicted molar refractivity (Wildman–Crippen MR) is 146 cm³/mol. The third-order valence-corrected chi connectivity index (χ3v) is 7.78. The highest BCUT2D eigenvalue weighted by atomic mass is 19.1. The lowest BCUT2D eigenvalue weighted by molar-refractivity contribution is -0.133. The zero-order chi connectivity index (χ0) is 26.2. The van der Waals surface area contributed by atoms with Gasteiger partial charge in [0.1, 0.15) is 17.5 Å². The summed E-state index contributed by atoms with van der Waals surface area (Å²) in [4.78, 5) is 27.5. The first-order valence-electron chi connectivity index (χ1n) is 13.6. The van der Waals surface area contributed by atoms with Crippen molar-refractivity contribution in [3.63, 3.8) is 0 Å². The minimum atomic E-state index is -0.283. The number of rotatable bonds is 7. The van der Waals surface area contributed by atoms with Crippen molar-refractivity contribution in [3.05, 3.63) is 77.5 Å². The standard InChI is InChI=1S/C30H33FN6O/c1-3-4-10-26-32-28(27-20(2)34-37(29(27)33-26)23-13-11-22(31)12-14-23)35-15-17-36(18-16-35)30(38)25-19-24(25)21-8-6-5-7-9-21/h5-9,11-14,24-25H,3-4,10,15-19H2,1-2H3/t24-,25?/m0/s1. The number of anilines is 1. The number of halogens is 1. The van der Waals surface area contributed by atoms with Crippen LogP contribution < -0.4 is 4.90 Å². The number of carbonyl (C=O) groups excluding carboxylic acids is 1. The van der Waals surface area contributed by atoms with Crippen molar-refractivity contribution >= 4 is 22.8 Å². The van der Waals surface area contributed by atoms with Crippen molar-refractivity contribution < 1.29 is 9.18 Å². The molecule has 1 aliphatic carbocycles. The molecule has 2 aliphatic rings. The van der Waals surface area contributed by atoms with Crippen LogP contribution in [0.3, 0.4) is 0 Å². The molecule has 0 bridgehead atoms. The number of amides is 1. The number of fused-ring (bicyclic) bond motifs is 1. The van der Waals surface area contributed by atoms with Gasteiger partial charge in [-0.2, -0.15) is 5.10 Å². The molecule has 1 saturated carbocycles. The quantitative estimate of drug-likeness (QED) is 0.346. The summed E-state index contributed by atoms with van der Waals surface area (Å²) < 4.78 is 15.4. The summed E-state index contributed by atoms with van der Waals surface area (Å²) in [5.74, 6) is 2.12. The number of aryl methyl sites for hydroxylation is 2. The molecule has 3 heterocycles. The second kappa shape index (κ2) is 10.2. The molecule has 8 heteroatoms. The second-order valence-electron chi connectivity index (χ2n) is 10.4. The Morgan fingerprint density at radius 3 is 2.45 bits per heavy atom. The van der Waals surface area contributed by atoms with Crippen LogP contribution in [0, 0.1) is 18.7 Å². The van der Waals surface area contributed by atoms with Crippen molar-refractivity contribution in [1.29, 1.82) is 0 Å². The minimum Gasteiger partial charge on any atom is -0.352 e. The van der Waals surface area contributed by atoms with E-state index < -0.39 is 0 Å². The summed E-state index contributed by atoms with van der Waals surface area (Å²) in [7, 11) is 0. The van der Waals surface area contributed by atoms with Crippen molar-refractivity contribution in [2.75, 3.05) is 31.1 Å². The Balaban J connectivity index is 1.25. The fourth-order valence-electron chi connectivity index (χ4n) is 5.55. The van der Waals surface area contributed by atoms with Crippen LogP contribution in [0.4, 0.5) is 10.2 Å². The lowest BCUT2D eigenvalue weighted by Crippen LogP contribution is -2.49. The predicted octanol–water partition coefficient (Wildman–Crippen LogP) is 5.06. The first-order chi connectivity index (χ1) is 18.5. The van der Waals surface area contributed by atoms with Gasteiger partial charge in [0.05, 0.1) is 16.8 Å². The van der Waals surface area contributed by atoms with Gasteiger partial charge in [-0.15, -0.1) is 0 Å². The number of piperazine rings is 1. The molecule has 2 aromatic carbocycles. The average molecular weight is 513 g/mol. The van der Waals surface area contributed by atoms with E-state index in [1.807, 2.05) is 30.0 Å². The fourth-order valence-corrected chi connectivity index (χ4v) is 5.55. The molecule has 4 aromatic rings.